The second-order valence-corrected chi connectivity index (χ2v) is 2.94. The van der Waals surface area contributed by atoms with Crippen LogP contribution in [0.5, 0.6) is 0 Å². The molecule has 0 aromatic rings. The number of nitrogens with one attached hydrogen (secondary N) is 1. The lowest BCUT2D eigenvalue weighted by molar-refractivity contribution is 0.682. The van der Waals surface area contributed by atoms with Gasteiger partial charge in [0, 0.05) is 12.3 Å². The van der Waals surface area contributed by atoms with Crippen LogP contribution in [0.25, 0.3) is 0 Å². The Morgan fingerprint density at radius 2 is 2.22 bits per heavy atom. The van der Waals surface area contributed by atoms with E-state index in [0.717, 1.165) is 19.5 Å². The third-order valence-corrected chi connectivity index (χ3v) is 1.70. The van der Waals surface area contributed by atoms with E-state index in [2.05, 4.69) is 18.5 Å². The molecular weight excluding hydrogens is 130 g/mol. The van der Waals surface area contributed by atoms with Gasteiger partial charge in [0.15, 0.2) is 0 Å². The Kier molecular flexibility index (Phi) is 8.60. The van der Waals surface area contributed by atoms with E-state index in [1.165, 1.54) is 12.2 Å². The summed E-state index contributed by atoms with van der Waals surface area (Å²) in [7, 11) is 0. The van der Waals surface area contributed by atoms with E-state index in [1.807, 2.05) is 11.8 Å². The van der Waals surface area contributed by atoms with Crippen LogP contribution in [0.3, 0.4) is 0 Å². The Balaban J connectivity index is 2.60. The van der Waals surface area contributed by atoms with Gasteiger partial charge in [0.2, 0.25) is 0 Å². The molecule has 0 aliphatic carbocycles. The van der Waals surface area contributed by atoms with Crippen molar-refractivity contribution in [2.24, 2.45) is 0 Å². The van der Waals surface area contributed by atoms with Crippen molar-refractivity contribution in [1.29, 1.82) is 0 Å². The number of unbranched alkanes of at least 4 members (excludes halogenated alkanes) is 1. The Labute approximate surface area is 62.6 Å². The number of hydrogen-bond donors (Lipinski definition) is 1. The molecule has 0 rings (SSSR count). The van der Waals surface area contributed by atoms with Gasteiger partial charge < -0.3 is 5.32 Å². The Morgan fingerprint density at radius 1 is 1.44 bits per heavy atom. The highest BCUT2D eigenvalue weighted by Crippen LogP contribution is 1.87. The van der Waals surface area contributed by atoms with Gasteiger partial charge in [0.1, 0.15) is 0 Å². The monoisotopic (exact) mass is 146 g/mol. The van der Waals surface area contributed by atoms with E-state index in [4.69, 9.17) is 0 Å². The van der Waals surface area contributed by atoms with Crippen molar-refractivity contribution in [2.45, 2.75) is 12.8 Å². The summed E-state index contributed by atoms with van der Waals surface area (Å²) >= 11 is 1.88. The summed E-state index contributed by atoms with van der Waals surface area (Å²) in [4.78, 5) is 0. The molecule has 0 unspecified atom stereocenters. The summed E-state index contributed by atoms with van der Waals surface area (Å²) in [6.45, 7) is 6.03. The van der Waals surface area contributed by atoms with Gasteiger partial charge in [-0.15, -0.1) is 0 Å². The van der Waals surface area contributed by atoms with Gasteiger partial charge in [-0.1, -0.05) is 13.3 Å². The molecule has 0 aromatic heterocycles. The second-order valence-electron chi connectivity index (χ2n) is 1.95. The highest BCUT2D eigenvalue weighted by Gasteiger charge is 1.83. The van der Waals surface area contributed by atoms with E-state index in [-0.39, 0.29) is 0 Å². The van der Waals surface area contributed by atoms with E-state index in [0.29, 0.717) is 0 Å². The molecule has 0 saturated carbocycles. The van der Waals surface area contributed by atoms with Crippen molar-refractivity contribution < 1.29 is 0 Å². The lowest BCUT2D eigenvalue weighted by Gasteiger charge is -1.99. The molecule has 2 heteroatoms. The first-order valence-electron chi connectivity index (χ1n) is 3.40. The van der Waals surface area contributed by atoms with Crippen LogP contribution >= 0.6 is 11.8 Å². The van der Waals surface area contributed by atoms with Crippen LogP contribution < -0.4 is 5.32 Å². The Hall–Kier alpha value is 0.310. The van der Waals surface area contributed by atoms with Crippen LogP contribution in [0.2, 0.25) is 0 Å². The van der Waals surface area contributed by atoms with Gasteiger partial charge in [0.25, 0.3) is 0 Å². The highest BCUT2D eigenvalue weighted by atomic mass is 32.2. The molecule has 1 radical (unpaired) electrons. The van der Waals surface area contributed by atoms with Crippen molar-refractivity contribution in [3.63, 3.8) is 0 Å². The zero-order valence-corrected chi connectivity index (χ0v) is 6.97. The maximum atomic E-state index is 3.76. The lowest BCUT2D eigenvalue weighted by Crippen LogP contribution is -2.17. The average Bonchev–Trinajstić information content (AvgIpc) is 1.89. The SMILES string of the molecule is [CH2]CCCNCCSC. The smallest absolute Gasteiger partial charge is 0.00553 e. The molecule has 0 bridgehead atoms. The van der Waals surface area contributed by atoms with E-state index < -0.39 is 0 Å². The molecule has 0 aliphatic heterocycles. The van der Waals surface area contributed by atoms with Crippen LogP contribution in [0.4, 0.5) is 0 Å². The molecule has 1 nitrogen and oxygen atoms in total. The minimum atomic E-state index is 1.05. The van der Waals surface area contributed by atoms with Gasteiger partial charge in [-0.2, -0.15) is 11.8 Å². The largest absolute Gasteiger partial charge is 0.316 e. The predicted molar refractivity (Wildman–Crippen MR) is 45.8 cm³/mol. The van der Waals surface area contributed by atoms with Gasteiger partial charge in [-0.25, -0.2) is 0 Å². The molecular formula is C7H16NS. The van der Waals surface area contributed by atoms with Crippen molar-refractivity contribution in [3.8, 4) is 0 Å². The fourth-order valence-electron chi connectivity index (χ4n) is 0.549. The molecule has 55 valence electrons. The summed E-state index contributed by atoms with van der Waals surface area (Å²) in [6, 6.07) is 0. The van der Waals surface area contributed by atoms with Crippen LogP contribution in [0.1, 0.15) is 12.8 Å². The first-order valence-corrected chi connectivity index (χ1v) is 4.80. The molecule has 0 atom stereocenters. The van der Waals surface area contributed by atoms with Gasteiger partial charge in [-0.3, -0.25) is 0 Å². The van der Waals surface area contributed by atoms with Crippen molar-refractivity contribution >= 4 is 11.8 Å². The topological polar surface area (TPSA) is 12.0 Å². The van der Waals surface area contributed by atoms with Crippen LogP contribution in [-0.4, -0.2) is 25.1 Å². The Morgan fingerprint density at radius 3 is 2.78 bits per heavy atom. The predicted octanol–water partition coefficient (Wildman–Crippen LogP) is 1.55. The van der Waals surface area contributed by atoms with E-state index in [9.17, 15) is 0 Å². The summed E-state index contributed by atoms with van der Waals surface area (Å²) < 4.78 is 0. The Bertz CT molecular complexity index is 42.2. The molecule has 0 amide bonds. The van der Waals surface area contributed by atoms with E-state index in [1.54, 1.807) is 0 Å². The quantitative estimate of drug-likeness (QED) is 0.571. The molecule has 0 saturated heterocycles. The van der Waals surface area contributed by atoms with Crippen molar-refractivity contribution in [3.05, 3.63) is 6.92 Å². The van der Waals surface area contributed by atoms with Crippen molar-refractivity contribution in [1.82, 2.24) is 5.32 Å². The first kappa shape index (κ1) is 9.31. The van der Waals surface area contributed by atoms with E-state index >= 15 is 0 Å². The maximum Gasteiger partial charge on any atom is 0.00553 e. The molecule has 0 spiro atoms. The zero-order valence-electron chi connectivity index (χ0n) is 6.15. The molecule has 0 aromatic carbocycles. The zero-order chi connectivity index (χ0) is 6.95. The lowest BCUT2D eigenvalue weighted by atomic mass is 10.3. The third kappa shape index (κ3) is 8.31. The second kappa shape index (κ2) is 8.31. The normalized spacial score (nSPS) is 10.0. The summed E-state index contributed by atoms with van der Waals surface area (Å²) in [5.41, 5.74) is 0. The van der Waals surface area contributed by atoms with Crippen LogP contribution in [0.15, 0.2) is 0 Å². The molecule has 0 fully saturated rings. The summed E-state index contributed by atoms with van der Waals surface area (Å²) in [5.74, 6) is 1.22. The van der Waals surface area contributed by atoms with Gasteiger partial charge >= 0.3 is 0 Å². The van der Waals surface area contributed by atoms with Crippen LogP contribution in [0, 0.1) is 6.92 Å². The summed E-state index contributed by atoms with van der Waals surface area (Å²) in [5, 5.41) is 3.33. The number of rotatable bonds is 6. The fourth-order valence-corrected chi connectivity index (χ4v) is 0.898. The van der Waals surface area contributed by atoms with Crippen LogP contribution in [-0.2, 0) is 0 Å². The minimum Gasteiger partial charge on any atom is -0.316 e. The summed E-state index contributed by atoms with van der Waals surface area (Å²) in [6.07, 6.45) is 4.38. The molecule has 0 aliphatic rings. The molecule has 1 N–H and O–H groups in total. The number of hydrogen-bond acceptors (Lipinski definition) is 2. The first-order chi connectivity index (χ1) is 4.41. The highest BCUT2D eigenvalue weighted by molar-refractivity contribution is 7.98. The third-order valence-electron chi connectivity index (χ3n) is 1.09. The van der Waals surface area contributed by atoms with Gasteiger partial charge in [-0.05, 0) is 19.2 Å². The van der Waals surface area contributed by atoms with Crippen molar-refractivity contribution in [2.75, 3.05) is 25.1 Å². The minimum absolute atomic E-state index is 1.05. The fraction of sp³-hybridized carbons (Fsp3) is 0.857. The average molecular weight is 146 g/mol. The number of thioether (sulfide) groups is 1. The maximum absolute atomic E-state index is 3.76. The molecule has 0 heterocycles. The van der Waals surface area contributed by atoms with Gasteiger partial charge in [0.05, 0.1) is 0 Å². The standard InChI is InChI=1S/C7H16NS/c1-3-4-5-8-6-7-9-2/h8H,1,3-7H2,2H3. The molecule has 9 heavy (non-hydrogen) atoms.